The van der Waals surface area contributed by atoms with E-state index < -0.39 is 5.91 Å². The lowest BCUT2D eigenvalue weighted by Gasteiger charge is -2.23. The fourth-order valence-electron chi connectivity index (χ4n) is 3.77. The molecular formula is C23H21Cl2N3O2S2. The number of fused-ring (bicyclic) bond motifs is 1. The first-order valence-electron chi connectivity index (χ1n) is 10.3. The molecule has 4 rings (SSSR count). The van der Waals surface area contributed by atoms with Crippen molar-refractivity contribution in [2.75, 3.05) is 5.32 Å². The highest BCUT2D eigenvalue weighted by Gasteiger charge is 2.20. The van der Waals surface area contributed by atoms with Gasteiger partial charge in [-0.15, -0.1) is 11.3 Å². The molecule has 1 aliphatic carbocycles. The molecular weight excluding hydrogens is 485 g/mol. The smallest absolute Gasteiger partial charge is 0.269 e. The quantitative estimate of drug-likeness (QED) is 0.359. The van der Waals surface area contributed by atoms with E-state index in [4.69, 9.17) is 35.4 Å². The molecule has 1 aliphatic rings. The van der Waals surface area contributed by atoms with Crippen molar-refractivity contribution in [3.05, 3.63) is 63.0 Å². The number of amides is 2. The van der Waals surface area contributed by atoms with Crippen LogP contribution in [0.3, 0.4) is 0 Å². The van der Waals surface area contributed by atoms with Gasteiger partial charge in [0.2, 0.25) is 0 Å². The van der Waals surface area contributed by atoms with E-state index in [0.717, 1.165) is 35.8 Å². The minimum absolute atomic E-state index is 0.101. The Labute approximate surface area is 205 Å². The summed E-state index contributed by atoms with van der Waals surface area (Å²) in [5.74, 6) is -0.601. The van der Waals surface area contributed by atoms with Gasteiger partial charge in [0, 0.05) is 21.8 Å². The molecule has 9 heteroatoms. The number of thiocarbonyl (C=S) groups is 1. The topological polar surface area (TPSA) is 70.2 Å². The molecule has 1 heterocycles. The van der Waals surface area contributed by atoms with E-state index in [0.29, 0.717) is 26.2 Å². The zero-order valence-corrected chi connectivity index (χ0v) is 20.2. The fraction of sp³-hybridized carbons (Fsp3) is 0.261. The number of rotatable bonds is 4. The molecule has 0 atom stereocenters. The molecule has 3 N–H and O–H groups in total. The molecule has 2 amide bonds. The van der Waals surface area contributed by atoms with E-state index in [2.05, 4.69) is 16.0 Å². The highest BCUT2D eigenvalue weighted by atomic mass is 35.5. The third-order valence-corrected chi connectivity index (χ3v) is 7.59. The van der Waals surface area contributed by atoms with Crippen molar-refractivity contribution >= 4 is 79.5 Å². The van der Waals surface area contributed by atoms with Crippen molar-refractivity contribution in [2.24, 2.45) is 0 Å². The maximum atomic E-state index is 12.7. The van der Waals surface area contributed by atoms with Crippen LogP contribution in [0, 0.1) is 0 Å². The molecule has 0 saturated heterocycles. The first-order chi connectivity index (χ1) is 15.4. The third-order valence-electron chi connectivity index (χ3n) is 5.38. The number of carbonyl (C=O) groups excluding carboxylic acids is 2. The summed E-state index contributed by atoms with van der Waals surface area (Å²) in [5.41, 5.74) is 0.917. The Morgan fingerprint density at radius 2 is 1.75 bits per heavy atom. The van der Waals surface area contributed by atoms with E-state index in [1.807, 2.05) is 24.3 Å². The van der Waals surface area contributed by atoms with Crippen LogP contribution < -0.4 is 16.0 Å². The van der Waals surface area contributed by atoms with Crippen molar-refractivity contribution in [1.29, 1.82) is 0 Å². The molecule has 32 heavy (non-hydrogen) atoms. The van der Waals surface area contributed by atoms with Gasteiger partial charge in [0.05, 0.1) is 15.6 Å². The molecule has 1 saturated carbocycles. The lowest BCUT2D eigenvalue weighted by atomic mass is 9.95. The van der Waals surface area contributed by atoms with E-state index in [-0.39, 0.29) is 17.1 Å². The average Bonchev–Trinajstić information content (AvgIpc) is 3.12. The largest absolute Gasteiger partial charge is 0.349 e. The number of thiophene rings is 1. The monoisotopic (exact) mass is 505 g/mol. The Balaban J connectivity index is 1.42. The first-order valence-corrected chi connectivity index (χ1v) is 12.3. The maximum Gasteiger partial charge on any atom is 0.269 e. The Morgan fingerprint density at radius 1 is 1.00 bits per heavy atom. The van der Waals surface area contributed by atoms with Gasteiger partial charge in [-0.2, -0.15) is 0 Å². The molecule has 1 aromatic heterocycles. The van der Waals surface area contributed by atoms with Gasteiger partial charge in [-0.05, 0) is 49.3 Å². The van der Waals surface area contributed by atoms with E-state index >= 15 is 0 Å². The van der Waals surface area contributed by atoms with Crippen LogP contribution in [-0.2, 0) is 0 Å². The predicted octanol–water partition coefficient (Wildman–Crippen LogP) is 6.40. The molecule has 0 spiro atoms. The third kappa shape index (κ3) is 5.23. The van der Waals surface area contributed by atoms with Gasteiger partial charge in [-0.1, -0.05) is 60.7 Å². The Kier molecular flexibility index (Phi) is 7.30. The van der Waals surface area contributed by atoms with Crippen LogP contribution in [0.25, 0.3) is 10.1 Å². The summed E-state index contributed by atoms with van der Waals surface area (Å²) in [5, 5.41) is 10.3. The minimum Gasteiger partial charge on any atom is -0.349 e. The summed E-state index contributed by atoms with van der Waals surface area (Å²) in [7, 11) is 0. The summed E-state index contributed by atoms with van der Waals surface area (Å²) < 4.78 is 0.924. The molecule has 0 aliphatic heterocycles. The second kappa shape index (κ2) is 10.2. The van der Waals surface area contributed by atoms with Crippen molar-refractivity contribution in [1.82, 2.24) is 10.6 Å². The lowest BCUT2D eigenvalue weighted by molar-refractivity contribution is 0.0926. The van der Waals surface area contributed by atoms with Gasteiger partial charge in [0.15, 0.2) is 5.11 Å². The van der Waals surface area contributed by atoms with Crippen LogP contribution in [-0.4, -0.2) is 23.0 Å². The Morgan fingerprint density at radius 3 is 2.50 bits per heavy atom. The standard InChI is InChI=1S/C23H21Cl2N3O2S2/c24-17-11-10-14(12-16(17)21(29)26-13-6-2-1-3-7-13)27-23(31)28-22(30)20-19(25)15-8-4-5-9-18(15)32-20/h4-5,8-13H,1-3,6-7H2,(H,26,29)(H2,27,28,30,31). The summed E-state index contributed by atoms with van der Waals surface area (Å²) in [6.45, 7) is 0. The number of nitrogens with one attached hydrogen (secondary N) is 3. The number of halogens is 2. The molecule has 166 valence electrons. The second-order valence-electron chi connectivity index (χ2n) is 7.65. The van der Waals surface area contributed by atoms with Crippen LogP contribution in [0.5, 0.6) is 0 Å². The lowest BCUT2D eigenvalue weighted by Crippen LogP contribution is -2.36. The fourth-order valence-corrected chi connectivity index (χ4v) is 5.60. The van der Waals surface area contributed by atoms with Crippen LogP contribution >= 0.6 is 46.8 Å². The van der Waals surface area contributed by atoms with Crippen LogP contribution in [0.15, 0.2) is 42.5 Å². The minimum atomic E-state index is -0.391. The maximum absolute atomic E-state index is 12.7. The van der Waals surface area contributed by atoms with Crippen LogP contribution in [0.4, 0.5) is 5.69 Å². The van der Waals surface area contributed by atoms with E-state index in [9.17, 15) is 9.59 Å². The molecule has 1 fully saturated rings. The summed E-state index contributed by atoms with van der Waals surface area (Å²) in [6, 6.07) is 12.7. The number of anilines is 1. The van der Waals surface area contributed by atoms with Gasteiger partial charge in [0.1, 0.15) is 4.88 Å². The number of benzene rings is 2. The summed E-state index contributed by atoms with van der Waals surface area (Å²) in [4.78, 5) is 25.8. The first kappa shape index (κ1) is 23.0. The van der Waals surface area contributed by atoms with Gasteiger partial charge in [-0.3, -0.25) is 14.9 Å². The zero-order valence-electron chi connectivity index (χ0n) is 17.0. The number of carbonyl (C=O) groups is 2. The normalized spacial score (nSPS) is 14.2. The van der Waals surface area contributed by atoms with Crippen molar-refractivity contribution in [2.45, 2.75) is 38.1 Å². The number of hydrogen-bond donors (Lipinski definition) is 3. The molecule has 0 bridgehead atoms. The summed E-state index contributed by atoms with van der Waals surface area (Å²) >= 11 is 19.2. The second-order valence-corrected chi connectivity index (χ2v) is 9.90. The van der Waals surface area contributed by atoms with E-state index in [1.54, 1.807) is 18.2 Å². The Hall–Kier alpha value is -2.19. The van der Waals surface area contributed by atoms with Crippen LogP contribution in [0.1, 0.15) is 52.1 Å². The average molecular weight is 506 g/mol. The van der Waals surface area contributed by atoms with Crippen LogP contribution in [0.2, 0.25) is 10.0 Å². The van der Waals surface area contributed by atoms with Gasteiger partial charge >= 0.3 is 0 Å². The molecule has 5 nitrogen and oxygen atoms in total. The van der Waals surface area contributed by atoms with E-state index in [1.165, 1.54) is 17.8 Å². The molecule has 3 aromatic rings. The molecule has 2 aromatic carbocycles. The SMILES string of the molecule is O=C(NC1CCCCC1)c1cc(NC(=S)NC(=O)c2sc3ccccc3c2Cl)ccc1Cl. The van der Waals surface area contributed by atoms with Crippen molar-refractivity contribution in [3.8, 4) is 0 Å². The van der Waals surface area contributed by atoms with Crippen molar-refractivity contribution < 1.29 is 9.59 Å². The highest BCUT2D eigenvalue weighted by Crippen LogP contribution is 2.35. The zero-order chi connectivity index (χ0) is 22.7. The predicted molar refractivity (Wildman–Crippen MR) is 136 cm³/mol. The van der Waals surface area contributed by atoms with Gasteiger partial charge in [-0.25, -0.2) is 0 Å². The van der Waals surface area contributed by atoms with Crippen molar-refractivity contribution in [3.63, 3.8) is 0 Å². The van der Waals surface area contributed by atoms with Gasteiger partial charge < -0.3 is 10.6 Å². The number of hydrogen-bond acceptors (Lipinski definition) is 4. The summed E-state index contributed by atoms with van der Waals surface area (Å²) in [6.07, 6.45) is 5.42. The molecule has 0 radical (unpaired) electrons. The molecule has 0 unspecified atom stereocenters. The Bertz CT molecular complexity index is 1190. The highest BCUT2D eigenvalue weighted by molar-refractivity contribution is 7.80. The van der Waals surface area contributed by atoms with Gasteiger partial charge in [0.25, 0.3) is 11.8 Å².